The Labute approximate surface area is 187 Å². The first-order valence-electron chi connectivity index (χ1n) is 9.19. The van der Waals surface area contributed by atoms with Gasteiger partial charge >= 0.3 is 66.0 Å². The summed E-state index contributed by atoms with van der Waals surface area (Å²) in [7, 11) is -21.3. The van der Waals surface area contributed by atoms with Gasteiger partial charge in [-0.1, -0.05) is 20.8 Å². The fourth-order valence-electron chi connectivity index (χ4n) is 2.11. The molecule has 0 spiro atoms. The number of halogens is 12. The van der Waals surface area contributed by atoms with Gasteiger partial charge in [0, 0.05) is 30.8 Å². The van der Waals surface area contributed by atoms with E-state index < -0.39 is 15.6 Å². The summed E-state index contributed by atoms with van der Waals surface area (Å²) in [6, 6.07) is 8.57. The molecule has 2 heterocycles. The molecule has 0 saturated carbocycles. The van der Waals surface area contributed by atoms with Crippen LogP contribution in [-0.2, 0) is 25.0 Å². The molecular formula is C17H25F12N3P2. The van der Waals surface area contributed by atoms with Crippen molar-refractivity contribution >= 4 is 15.6 Å². The first-order valence-corrected chi connectivity index (χ1v) is 13.3. The topological polar surface area (TPSA) is 33.8 Å². The summed E-state index contributed by atoms with van der Waals surface area (Å²) in [6.07, 6.45) is 8.50. The van der Waals surface area contributed by atoms with Gasteiger partial charge in [0.1, 0.15) is 0 Å². The minimum absolute atomic E-state index is 0.214. The molecule has 0 unspecified atom stereocenters. The molecule has 2 N–H and O–H groups in total. The Morgan fingerprint density at radius 3 is 1.12 bits per heavy atom. The molecule has 2 rings (SSSR count). The standard InChI is InChI=1S/C17H25N3.2F6P/c1-17(2,3)16-6-10-20(11-7-16)13-12-19-8-4-15(14-18)5-9-19;2*1-7(2,3,4,5)6/h4-11H,12-14,18H2,1-3H3;;/q+2;2*-1. The Balaban J connectivity index is 0.000000642. The van der Waals surface area contributed by atoms with E-state index in [0.717, 1.165) is 13.1 Å². The Kier molecular flexibility index (Phi) is 8.30. The zero-order chi connectivity index (χ0) is 27.4. The van der Waals surface area contributed by atoms with Crippen molar-refractivity contribution in [2.45, 2.75) is 45.8 Å². The van der Waals surface area contributed by atoms with Crippen LogP contribution in [0, 0.1) is 0 Å². The molecule has 0 aliphatic heterocycles. The van der Waals surface area contributed by atoms with Crippen LogP contribution in [0.4, 0.5) is 50.4 Å². The molecule has 202 valence electrons. The van der Waals surface area contributed by atoms with Gasteiger partial charge in [-0.15, -0.1) is 0 Å². The summed E-state index contributed by atoms with van der Waals surface area (Å²) in [5.74, 6) is 0. The van der Waals surface area contributed by atoms with Crippen molar-refractivity contribution in [1.29, 1.82) is 0 Å². The second-order valence-corrected chi connectivity index (χ2v) is 12.0. The third kappa shape index (κ3) is 26.5. The fraction of sp³-hybridized carbons (Fsp3) is 0.412. The zero-order valence-corrected chi connectivity index (χ0v) is 19.9. The number of aryl methyl sites for hydroxylation is 2. The number of rotatable bonds is 4. The summed E-state index contributed by atoms with van der Waals surface area (Å²) in [5.41, 5.74) is 8.35. The van der Waals surface area contributed by atoms with Crippen LogP contribution >= 0.6 is 15.6 Å². The van der Waals surface area contributed by atoms with Crippen LogP contribution in [0.15, 0.2) is 49.1 Å². The van der Waals surface area contributed by atoms with Gasteiger partial charge in [0.25, 0.3) is 0 Å². The predicted molar refractivity (Wildman–Crippen MR) is 107 cm³/mol. The Morgan fingerprint density at radius 2 is 0.882 bits per heavy atom. The number of hydrogen-bond acceptors (Lipinski definition) is 1. The second-order valence-electron chi connectivity index (χ2n) is 8.14. The van der Waals surface area contributed by atoms with E-state index in [1.54, 1.807) is 0 Å². The van der Waals surface area contributed by atoms with Crippen molar-refractivity contribution in [2.75, 3.05) is 0 Å². The van der Waals surface area contributed by atoms with Crippen molar-refractivity contribution in [3.8, 4) is 0 Å². The normalized spacial score (nSPS) is 16.4. The minimum atomic E-state index is -10.7. The first-order chi connectivity index (χ1) is 14.4. The van der Waals surface area contributed by atoms with Gasteiger partial charge in [-0.2, -0.15) is 9.13 Å². The van der Waals surface area contributed by atoms with Crippen LogP contribution < -0.4 is 14.9 Å². The van der Waals surface area contributed by atoms with Crippen molar-refractivity contribution < 1.29 is 59.5 Å². The second kappa shape index (κ2) is 8.74. The molecule has 0 fully saturated rings. The van der Waals surface area contributed by atoms with Crippen LogP contribution in [0.1, 0.15) is 31.9 Å². The summed E-state index contributed by atoms with van der Waals surface area (Å²) in [6.45, 7) is 9.25. The van der Waals surface area contributed by atoms with Crippen molar-refractivity contribution in [3.05, 3.63) is 60.2 Å². The van der Waals surface area contributed by atoms with E-state index in [4.69, 9.17) is 5.73 Å². The fourth-order valence-corrected chi connectivity index (χ4v) is 2.11. The number of aromatic nitrogens is 2. The number of hydrogen-bond donors (Lipinski definition) is 1. The van der Waals surface area contributed by atoms with Gasteiger partial charge in [-0.25, -0.2) is 0 Å². The van der Waals surface area contributed by atoms with Crippen LogP contribution in [-0.4, -0.2) is 0 Å². The molecule has 2 aromatic heterocycles. The molecule has 0 saturated heterocycles. The number of nitrogens with two attached hydrogens (primary N) is 1. The van der Waals surface area contributed by atoms with Crippen molar-refractivity contribution in [2.24, 2.45) is 5.73 Å². The third-order valence-corrected chi connectivity index (χ3v) is 3.57. The van der Waals surface area contributed by atoms with E-state index in [-0.39, 0.29) is 5.41 Å². The third-order valence-electron chi connectivity index (χ3n) is 3.57. The Hall–Kier alpha value is -1.72. The van der Waals surface area contributed by atoms with Gasteiger partial charge in [-0.05, 0) is 16.5 Å². The monoisotopic (exact) mass is 561 g/mol. The van der Waals surface area contributed by atoms with Crippen LogP contribution in [0.25, 0.3) is 0 Å². The SMILES string of the molecule is CC(C)(C)c1cc[n+](CC[n+]2ccc(CN)cc2)cc1.F[P-](F)(F)(F)(F)F.F[P-](F)(F)(F)(F)F. The van der Waals surface area contributed by atoms with E-state index in [1.807, 2.05) is 0 Å². The van der Waals surface area contributed by atoms with Gasteiger partial charge in [0.05, 0.1) is 0 Å². The van der Waals surface area contributed by atoms with E-state index in [1.165, 1.54) is 11.1 Å². The maximum atomic E-state index is 9.87. The predicted octanol–water partition coefficient (Wildman–Crippen LogP) is 8.48. The molecule has 0 aromatic carbocycles. The van der Waals surface area contributed by atoms with E-state index in [0.29, 0.717) is 6.54 Å². The molecule has 17 heteroatoms. The van der Waals surface area contributed by atoms with Crippen LogP contribution in [0.5, 0.6) is 0 Å². The molecular weight excluding hydrogens is 536 g/mol. The summed E-state index contributed by atoms with van der Waals surface area (Å²) in [5, 5.41) is 0. The van der Waals surface area contributed by atoms with Crippen LogP contribution in [0.2, 0.25) is 0 Å². The molecule has 34 heavy (non-hydrogen) atoms. The quantitative estimate of drug-likeness (QED) is 0.227. The van der Waals surface area contributed by atoms with Gasteiger partial charge in [-0.3, -0.25) is 0 Å². The van der Waals surface area contributed by atoms with E-state index in [2.05, 4.69) is 79.0 Å². The molecule has 2 aromatic rings. The molecule has 0 amide bonds. The Morgan fingerprint density at radius 1 is 0.618 bits per heavy atom. The van der Waals surface area contributed by atoms with Crippen LogP contribution in [0.3, 0.4) is 0 Å². The van der Waals surface area contributed by atoms with E-state index in [9.17, 15) is 50.4 Å². The van der Waals surface area contributed by atoms with Gasteiger partial charge < -0.3 is 5.73 Å². The van der Waals surface area contributed by atoms with E-state index >= 15 is 0 Å². The van der Waals surface area contributed by atoms with Gasteiger partial charge in [0.15, 0.2) is 24.8 Å². The zero-order valence-electron chi connectivity index (χ0n) is 18.1. The molecule has 0 bridgehead atoms. The Bertz CT molecular complexity index is 881. The molecule has 0 aliphatic carbocycles. The van der Waals surface area contributed by atoms with Gasteiger partial charge in [0.2, 0.25) is 13.1 Å². The van der Waals surface area contributed by atoms with Crippen molar-refractivity contribution in [1.82, 2.24) is 0 Å². The average Bonchev–Trinajstić information content (AvgIpc) is 2.54. The number of pyridine rings is 2. The maximum absolute atomic E-state index is 10.7. The summed E-state index contributed by atoms with van der Waals surface area (Å²) >= 11 is 0. The molecule has 0 aliphatic rings. The summed E-state index contributed by atoms with van der Waals surface area (Å²) in [4.78, 5) is 0. The average molecular weight is 561 g/mol. The van der Waals surface area contributed by atoms with Crippen molar-refractivity contribution in [3.63, 3.8) is 0 Å². The molecule has 0 atom stereocenters. The summed E-state index contributed by atoms with van der Waals surface area (Å²) < 4.78 is 123. The molecule has 3 nitrogen and oxygen atoms in total. The first kappa shape index (κ1) is 32.3. The molecule has 0 radical (unpaired) electrons. The number of nitrogens with zero attached hydrogens (tertiary/aromatic N) is 2.